The van der Waals surface area contributed by atoms with E-state index < -0.39 is 11.8 Å². The van der Waals surface area contributed by atoms with Crippen molar-refractivity contribution in [1.82, 2.24) is 19.7 Å². The third kappa shape index (κ3) is 4.76. The highest BCUT2D eigenvalue weighted by molar-refractivity contribution is 7.13. The molecule has 4 heterocycles. The zero-order chi connectivity index (χ0) is 24.5. The van der Waals surface area contributed by atoms with Crippen molar-refractivity contribution in [1.29, 1.82) is 0 Å². The Kier molecular flexibility index (Phi) is 6.48. The van der Waals surface area contributed by atoms with Crippen molar-refractivity contribution in [3.05, 3.63) is 52.7 Å². The second kappa shape index (κ2) is 9.71. The van der Waals surface area contributed by atoms with Crippen molar-refractivity contribution >= 4 is 40.0 Å². The van der Waals surface area contributed by atoms with E-state index in [2.05, 4.69) is 0 Å². The van der Waals surface area contributed by atoms with E-state index in [0.717, 1.165) is 30.8 Å². The molecular weight excluding hydrogens is 471 g/mol. The second-order valence-electron chi connectivity index (χ2n) is 8.87. The Balaban J connectivity index is 1.43. The number of hydrogen-bond acceptors (Lipinski definition) is 6. The number of piperazine rings is 1. The number of carbonyl (C=O) groups excluding carboxylic acids is 2. The summed E-state index contributed by atoms with van der Waals surface area (Å²) in [6, 6.07) is 7.67. The Morgan fingerprint density at radius 1 is 1.11 bits per heavy atom. The fourth-order valence-electron chi connectivity index (χ4n) is 4.80. The molecule has 8 nitrogen and oxygen atoms in total. The molecule has 0 aliphatic carbocycles. The van der Waals surface area contributed by atoms with Crippen LogP contribution in [0.3, 0.4) is 0 Å². The summed E-state index contributed by atoms with van der Waals surface area (Å²) in [5.74, 6) is -1.91. The average Bonchev–Trinajstić information content (AvgIpc) is 3.55. The number of fused-ring (bicyclic) bond motifs is 1. The van der Waals surface area contributed by atoms with Gasteiger partial charge in [-0.25, -0.2) is 14.2 Å². The number of aromatic carboxylic acids is 1. The number of amides is 2. The molecule has 0 radical (unpaired) electrons. The molecule has 2 aliphatic heterocycles. The van der Waals surface area contributed by atoms with E-state index in [1.807, 2.05) is 22.4 Å². The molecule has 1 aromatic carbocycles. The van der Waals surface area contributed by atoms with Crippen LogP contribution in [0.15, 0.2) is 35.7 Å². The van der Waals surface area contributed by atoms with Crippen molar-refractivity contribution < 1.29 is 23.9 Å². The molecule has 2 amide bonds. The number of benzene rings is 1. The Hall–Kier alpha value is -3.37. The number of likely N-dealkylation sites (tertiary alicyclic amines) is 1. The van der Waals surface area contributed by atoms with Gasteiger partial charge in [0.05, 0.1) is 34.7 Å². The molecule has 0 unspecified atom stereocenters. The molecule has 0 saturated carbocycles. The zero-order valence-electron chi connectivity index (χ0n) is 19.1. The van der Waals surface area contributed by atoms with Gasteiger partial charge in [-0.05, 0) is 42.5 Å². The number of halogens is 1. The van der Waals surface area contributed by atoms with Gasteiger partial charge in [-0.15, -0.1) is 11.3 Å². The van der Waals surface area contributed by atoms with Gasteiger partial charge < -0.3 is 14.9 Å². The molecule has 0 spiro atoms. The van der Waals surface area contributed by atoms with Gasteiger partial charge in [-0.2, -0.15) is 0 Å². The van der Waals surface area contributed by atoms with E-state index in [1.54, 1.807) is 9.80 Å². The first kappa shape index (κ1) is 23.4. The quantitative estimate of drug-likeness (QED) is 0.564. The van der Waals surface area contributed by atoms with E-state index in [-0.39, 0.29) is 42.4 Å². The van der Waals surface area contributed by atoms with E-state index in [1.165, 1.54) is 29.5 Å². The van der Waals surface area contributed by atoms with Crippen LogP contribution >= 0.6 is 11.3 Å². The first-order chi connectivity index (χ1) is 16.9. The highest BCUT2D eigenvalue weighted by Crippen LogP contribution is 2.34. The first-order valence-electron chi connectivity index (χ1n) is 11.6. The summed E-state index contributed by atoms with van der Waals surface area (Å²) in [6.45, 7) is 2.67. The van der Waals surface area contributed by atoms with E-state index in [0.29, 0.717) is 29.9 Å². The minimum atomic E-state index is -1.17. The molecule has 2 aliphatic rings. The van der Waals surface area contributed by atoms with Crippen LogP contribution in [0.25, 0.3) is 21.5 Å². The fourth-order valence-corrected chi connectivity index (χ4v) is 5.54. The average molecular weight is 497 g/mol. The van der Waals surface area contributed by atoms with Crippen LogP contribution in [0, 0.1) is 5.82 Å². The van der Waals surface area contributed by atoms with Gasteiger partial charge in [0.15, 0.2) is 0 Å². The van der Waals surface area contributed by atoms with E-state index in [4.69, 9.17) is 4.98 Å². The van der Waals surface area contributed by atoms with Crippen LogP contribution in [-0.2, 0) is 16.1 Å². The number of pyridine rings is 1. The second-order valence-corrected chi connectivity index (χ2v) is 9.82. The van der Waals surface area contributed by atoms with Crippen molar-refractivity contribution in [2.75, 3.05) is 39.3 Å². The maximum absolute atomic E-state index is 14.0. The van der Waals surface area contributed by atoms with Gasteiger partial charge in [-0.3, -0.25) is 14.5 Å². The summed E-state index contributed by atoms with van der Waals surface area (Å²) >= 11 is 1.44. The Morgan fingerprint density at radius 2 is 1.91 bits per heavy atom. The lowest BCUT2D eigenvalue weighted by Gasteiger charge is -2.35. The lowest BCUT2D eigenvalue weighted by molar-refractivity contribution is -0.143. The van der Waals surface area contributed by atoms with Crippen LogP contribution in [0.4, 0.5) is 4.39 Å². The molecule has 2 aromatic heterocycles. The number of rotatable bonds is 6. The maximum Gasteiger partial charge on any atom is 0.336 e. The number of carboxylic acids is 1. The van der Waals surface area contributed by atoms with Crippen LogP contribution in [0.5, 0.6) is 0 Å². The molecule has 3 aromatic rings. The standard InChI is InChI=1S/C25H25FN4O4S/c26-16-5-6-19-17(12-16)23(25(33)34)18(24(27-19)20-4-3-11-35-20)13-28-9-10-30(21(31)14-28)15-22(32)29-7-1-2-8-29/h3-6,11-12H,1-2,7-10,13-15H2,(H,33,34). The SMILES string of the molecule is O=C(O)c1c(CN2CCN(CC(=O)N3CCCC3)C(=O)C2)c(-c2cccs2)nc2ccc(F)cc12. The summed E-state index contributed by atoms with van der Waals surface area (Å²) < 4.78 is 14.0. The van der Waals surface area contributed by atoms with E-state index >= 15 is 0 Å². The number of nitrogens with zero attached hydrogens (tertiary/aromatic N) is 4. The van der Waals surface area contributed by atoms with Gasteiger partial charge in [0, 0.05) is 43.7 Å². The van der Waals surface area contributed by atoms with Gasteiger partial charge >= 0.3 is 5.97 Å². The smallest absolute Gasteiger partial charge is 0.336 e. The van der Waals surface area contributed by atoms with Gasteiger partial charge in [0.1, 0.15) is 5.82 Å². The zero-order valence-corrected chi connectivity index (χ0v) is 19.9. The van der Waals surface area contributed by atoms with Crippen molar-refractivity contribution in [2.45, 2.75) is 19.4 Å². The molecule has 2 saturated heterocycles. The minimum Gasteiger partial charge on any atom is -0.478 e. The highest BCUT2D eigenvalue weighted by Gasteiger charge is 2.30. The lowest BCUT2D eigenvalue weighted by atomic mass is 9.98. The Morgan fingerprint density at radius 3 is 2.60 bits per heavy atom. The lowest BCUT2D eigenvalue weighted by Crippen LogP contribution is -2.53. The number of hydrogen-bond donors (Lipinski definition) is 1. The maximum atomic E-state index is 14.0. The predicted molar refractivity (Wildman–Crippen MR) is 130 cm³/mol. The van der Waals surface area contributed by atoms with Crippen molar-refractivity contribution in [3.63, 3.8) is 0 Å². The highest BCUT2D eigenvalue weighted by atomic mass is 32.1. The summed E-state index contributed by atoms with van der Waals surface area (Å²) in [6.07, 6.45) is 1.99. The third-order valence-corrected chi connectivity index (χ3v) is 7.46. The molecule has 1 N–H and O–H groups in total. The molecule has 0 bridgehead atoms. The number of carbonyl (C=O) groups is 3. The molecular formula is C25H25FN4O4S. The van der Waals surface area contributed by atoms with E-state index in [9.17, 15) is 23.9 Å². The number of aromatic nitrogens is 1. The Bertz CT molecular complexity index is 1290. The van der Waals surface area contributed by atoms with Gasteiger partial charge in [-0.1, -0.05) is 6.07 Å². The Labute approximate surface area is 205 Å². The van der Waals surface area contributed by atoms with Crippen LogP contribution in [0.1, 0.15) is 28.8 Å². The van der Waals surface area contributed by atoms with Crippen LogP contribution in [0.2, 0.25) is 0 Å². The van der Waals surface area contributed by atoms with Crippen LogP contribution in [-0.4, -0.2) is 81.8 Å². The monoisotopic (exact) mass is 496 g/mol. The summed E-state index contributed by atoms with van der Waals surface area (Å²) in [7, 11) is 0. The van der Waals surface area contributed by atoms with Crippen molar-refractivity contribution in [3.8, 4) is 10.6 Å². The van der Waals surface area contributed by atoms with Gasteiger partial charge in [0.25, 0.3) is 0 Å². The van der Waals surface area contributed by atoms with Crippen molar-refractivity contribution in [2.24, 2.45) is 0 Å². The summed E-state index contributed by atoms with van der Waals surface area (Å²) in [5.41, 5.74) is 1.37. The molecule has 5 rings (SSSR count). The molecule has 35 heavy (non-hydrogen) atoms. The van der Waals surface area contributed by atoms with Gasteiger partial charge in [0.2, 0.25) is 11.8 Å². The topological polar surface area (TPSA) is 94.0 Å². The number of carboxylic acid groups (broad SMARTS) is 1. The molecule has 0 atom stereocenters. The molecule has 2 fully saturated rings. The fraction of sp³-hybridized carbons (Fsp3) is 0.360. The molecule has 182 valence electrons. The van der Waals surface area contributed by atoms with Crippen LogP contribution < -0.4 is 0 Å². The number of thiophene rings is 1. The predicted octanol–water partition coefficient (Wildman–Crippen LogP) is 3.07. The summed E-state index contributed by atoms with van der Waals surface area (Å²) in [5, 5.41) is 12.2. The summed E-state index contributed by atoms with van der Waals surface area (Å²) in [4.78, 5) is 48.5. The largest absolute Gasteiger partial charge is 0.478 e. The minimum absolute atomic E-state index is 0.00279. The molecule has 10 heteroatoms. The third-order valence-electron chi connectivity index (χ3n) is 6.58. The normalized spacial score (nSPS) is 16.9. The first-order valence-corrected chi connectivity index (χ1v) is 12.5.